The summed E-state index contributed by atoms with van der Waals surface area (Å²) in [7, 11) is 1.72. The smallest absolute Gasteiger partial charge is 0.267 e. The number of carbonyl (C=O) groups is 1. The van der Waals surface area contributed by atoms with Crippen molar-refractivity contribution in [2.45, 2.75) is 19.4 Å². The highest BCUT2D eigenvalue weighted by atomic mass is 32.1. The SMILES string of the molecule is CC(O)CCN(C)C(=O)c1sc(N2CCNCC2)nc1N. The molecule has 1 saturated heterocycles. The molecule has 1 unspecified atom stereocenters. The molecule has 0 bridgehead atoms. The van der Waals surface area contributed by atoms with E-state index >= 15 is 0 Å². The Bertz CT molecular complexity index is 485. The summed E-state index contributed by atoms with van der Waals surface area (Å²) in [6.07, 6.45) is 0.126. The summed E-state index contributed by atoms with van der Waals surface area (Å²) in [6.45, 7) is 5.78. The molecule has 0 aliphatic carbocycles. The van der Waals surface area contributed by atoms with Crippen LogP contribution in [0.15, 0.2) is 0 Å². The van der Waals surface area contributed by atoms with Crippen molar-refractivity contribution in [3.63, 3.8) is 0 Å². The van der Waals surface area contributed by atoms with Gasteiger partial charge < -0.3 is 26.0 Å². The van der Waals surface area contributed by atoms with E-state index in [1.165, 1.54) is 11.3 Å². The molecule has 0 saturated carbocycles. The number of rotatable bonds is 5. The minimum absolute atomic E-state index is 0.132. The van der Waals surface area contributed by atoms with Gasteiger partial charge >= 0.3 is 0 Å². The molecule has 4 N–H and O–H groups in total. The van der Waals surface area contributed by atoms with Gasteiger partial charge in [0.15, 0.2) is 5.13 Å². The quantitative estimate of drug-likeness (QED) is 0.707. The van der Waals surface area contributed by atoms with E-state index in [1.54, 1.807) is 18.9 Å². The van der Waals surface area contributed by atoms with Crippen LogP contribution in [-0.2, 0) is 0 Å². The van der Waals surface area contributed by atoms with Crippen LogP contribution in [0.2, 0.25) is 0 Å². The molecule has 2 rings (SSSR count). The van der Waals surface area contributed by atoms with Crippen LogP contribution in [0.3, 0.4) is 0 Å². The van der Waals surface area contributed by atoms with E-state index in [9.17, 15) is 9.90 Å². The molecule has 1 aromatic rings. The fourth-order valence-corrected chi connectivity index (χ4v) is 3.15. The molecule has 0 aromatic carbocycles. The Hall–Kier alpha value is -1.38. The summed E-state index contributed by atoms with van der Waals surface area (Å²) in [4.78, 5) is 20.9. The minimum Gasteiger partial charge on any atom is -0.393 e. The molecule has 2 heterocycles. The Morgan fingerprint density at radius 3 is 2.86 bits per heavy atom. The van der Waals surface area contributed by atoms with Gasteiger partial charge in [0.2, 0.25) is 0 Å². The van der Waals surface area contributed by atoms with Gasteiger partial charge in [0.1, 0.15) is 10.7 Å². The standard InChI is InChI=1S/C13H23N5O2S/c1-9(19)3-6-17(2)12(20)10-11(14)16-13(21-10)18-7-4-15-5-8-18/h9,15,19H,3-8,14H2,1-2H3. The zero-order valence-electron chi connectivity index (χ0n) is 12.5. The molecule has 1 aliphatic heterocycles. The summed E-state index contributed by atoms with van der Waals surface area (Å²) in [5.74, 6) is 0.162. The van der Waals surface area contributed by atoms with Crippen molar-refractivity contribution in [2.75, 3.05) is 50.4 Å². The monoisotopic (exact) mass is 313 g/mol. The minimum atomic E-state index is -0.421. The molecule has 1 fully saturated rings. The van der Waals surface area contributed by atoms with E-state index in [-0.39, 0.29) is 5.91 Å². The van der Waals surface area contributed by atoms with Crippen molar-refractivity contribution in [3.05, 3.63) is 4.88 Å². The first kappa shape index (κ1) is 16.0. The number of nitrogens with two attached hydrogens (primary N) is 1. The van der Waals surface area contributed by atoms with E-state index < -0.39 is 6.10 Å². The van der Waals surface area contributed by atoms with Crippen LogP contribution in [0.1, 0.15) is 23.0 Å². The lowest BCUT2D eigenvalue weighted by atomic mass is 10.2. The van der Waals surface area contributed by atoms with Crippen LogP contribution >= 0.6 is 11.3 Å². The number of amides is 1. The van der Waals surface area contributed by atoms with Gasteiger partial charge in [0.05, 0.1) is 6.10 Å². The second-order valence-corrected chi connectivity index (χ2v) is 6.29. The molecular formula is C13H23N5O2S. The summed E-state index contributed by atoms with van der Waals surface area (Å²) in [5.41, 5.74) is 5.90. The predicted molar refractivity (Wildman–Crippen MR) is 84.9 cm³/mol. The Morgan fingerprint density at radius 1 is 1.57 bits per heavy atom. The molecule has 0 spiro atoms. The maximum Gasteiger partial charge on any atom is 0.267 e. The van der Waals surface area contributed by atoms with Crippen LogP contribution in [-0.4, -0.2) is 66.8 Å². The highest BCUT2D eigenvalue weighted by Gasteiger charge is 2.23. The van der Waals surface area contributed by atoms with Crippen LogP contribution in [0.5, 0.6) is 0 Å². The van der Waals surface area contributed by atoms with Gasteiger partial charge in [-0.3, -0.25) is 4.79 Å². The Balaban J connectivity index is 2.05. The first-order valence-electron chi connectivity index (χ1n) is 7.14. The molecule has 118 valence electrons. The normalized spacial score (nSPS) is 16.8. The van der Waals surface area contributed by atoms with Crippen LogP contribution in [0.25, 0.3) is 0 Å². The first-order chi connectivity index (χ1) is 9.99. The van der Waals surface area contributed by atoms with Crippen molar-refractivity contribution >= 4 is 28.2 Å². The third-order valence-corrected chi connectivity index (χ3v) is 4.57. The number of anilines is 2. The van der Waals surface area contributed by atoms with Gasteiger partial charge in [-0.2, -0.15) is 0 Å². The molecule has 1 aliphatic rings. The summed E-state index contributed by atoms with van der Waals surface area (Å²) < 4.78 is 0. The van der Waals surface area contributed by atoms with Crippen molar-refractivity contribution in [3.8, 4) is 0 Å². The number of piperazine rings is 1. The summed E-state index contributed by atoms with van der Waals surface area (Å²) in [5, 5.41) is 13.4. The topological polar surface area (TPSA) is 94.7 Å². The second kappa shape index (κ2) is 7.06. The molecule has 21 heavy (non-hydrogen) atoms. The number of aliphatic hydroxyl groups excluding tert-OH is 1. The average Bonchev–Trinajstić information content (AvgIpc) is 2.86. The number of hydrogen-bond donors (Lipinski definition) is 3. The number of aliphatic hydroxyl groups is 1. The maximum atomic E-state index is 12.4. The van der Waals surface area contributed by atoms with Crippen molar-refractivity contribution in [1.82, 2.24) is 15.2 Å². The average molecular weight is 313 g/mol. The van der Waals surface area contributed by atoms with Gasteiger partial charge in [-0.15, -0.1) is 0 Å². The number of nitrogens with one attached hydrogen (secondary N) is 1. The van der Waals surface area contributed by atoms with Gasteiger partial charge in [-0.25, -0.2) is 4.98 Å². The molecule has 1 aromatic heterocycles. The maximum absolute atomic E-state index is 12.4. The van der Waals surface area contributed by atoms with Crippen LogP contribution in [0.4, 0.5) is 10.9 Å². The molecule has 0 radical (unpaired) electrons. The lowest BCUT2D eigenvalue weighted by Gasteiger charge is -2.26. The second-order valence-electron chi connectivity index (χ2n) is 5.31. The lowest BCUT2D eigenvalue weighted by molar-refractivity contribution is 0.0774. The zero-order chi connectivity index (χ0) is 15.4. The number of thiazole rings is 1. The lowest BCUT2D eigenvalue weighted by Crippen LogP contribution is -2.43. The molecule has 8 heteroatoms. The van der Waals surface area contributed by atoms with Crippen molar-refractivity contribution < 1.29 is 9.90 Å². The van der Waals surface area contributed by atoms with Crippen molar-refractivity contribution in [2.24, 2.45) is 0 Å². The predicted octanol–water partition coefficient (Wildman–Crippen LogP) is -0.0222. The van der Waals surface area contributed by atoms with Crippen LogP contribution in [0, 0.1) is 0 Å². The summed E-state index contributed by atoms with van der Waals surface area (Å²) >= 11 is 1.35. The number of hydrogen-bond acceptors (Lipinski definition) is 7. The number of aromatic nitrogens is 1. The number of carbonyl (C=O) groups excluding carboxylic acids is 1. The molecule has 1 atom stereocenters. The Morgan fingerprint density at radius 2 is 2.24 bits per heavy atom. The fourth-order valence-electron chi connectivity index (χ4n) is 2.12. The fraction of sp³-hybridized carbons (Fsp3) is 0.692. The molecule has 1 amide bonds. The number of nitrogen functional groups attached to an aromatic ring is 1. The highest BCUT2D eigenvalue weighted by Crippen LogP contribution is 2.29. The molecular weight excluding hydrogens is 290 g/mol. The Kier molecular flexibility index (Phi) is 5.38. The Labute approximate surface area is 128 Å². The van der Waals surface area contributed by atoms with Gasteiger partial charge in [0.25, 0.3) is 5.91 Å². The third-order valence-electron chi connectivity index (χ3n) is 3.45. The van der Waals surface area contributed by atoms with E-state index in [2.05, 4.69) is 15.2 Å². The van der Waals surface area contributed by atoms with Crippen LogP contribution < -0.4 is 16.0 Å². The van der Waals surface area contributed by atoms with E-state index in [0.717, 1.165) is 31.3 Å². The van der Waals surface area contributed by atoms with E-state index in [4.69, 9.17) is 5.73 Å². The highest BCUT2D eigenvalue weighted by molar-refractivity contribution is 7.18. The summed E-state index contributed by atoms with van der Waals surface area (Å²) in [6, 6.07) is 0. The third kappa shape index (κ3) is 4.05. The van der Waals surface area contributed by atoms with E-state index in [1.807, 2.05) is 0 Å². The van der Waals surface area contributed by atoms with Gasteiger partial charge in [0, 0.05) is 39.8 Å². The van der Waals surface area contributed by atoms with Crippen molar-refractivity contribution in [1.29, 1.82) is 0 Å². The van der Waals surface area contributed by atoms with Gasteiger partial charge in [-0.05, 0) is 13.3 Å². The molecule has 7 nitrogen and oxygen atoms in total. The van der Waals surface area contributed by atoms with E-state index in [0.29, 0.717) is 23.7 Å². The number of nitrogens with zero attached hydrogens (tertiary/aromatic N) is 3. The largest absolute Gasteiger partial charge is 0.393 e. The van der Waals surface area contributed by atoms with Gasteiger partial charge in [-0.1, -0.05) is 11.3 Å². The first-order valence-corrected chi connectivity index (χ1v) is 7.96. The zero-order valence-corrected chi connectivity index (χ0v) is 13.3.